The molecule has 3 aliphatic heterocycles. The Morgan fingerprint density at radius 1 is 1.08 bits per heavy atom. The summed E-state index contributed by atoms with van der Waals surface area (Å²) in [5, 5.41) is 4.71. The summed E-state index contributed by atoms with van der Waals surface area (Å²) in [7, 11) is 0. The van der Waals surface area contributed by atoms with Crippen LogP contribution < -0.4 is 20.9 Å². The molecule has 2 atom stereocenters. The van der Waals surface area contributed by atoms with E-state index in [1.807, 2.05) is 28.1 Å². The number of hydrogen-bond donors (Lipinski definition) is 2. The van der Waals surface area contributed by atoms with Crippen molar-refractivity contribution in [3.8, 4) is 0 Å². The Balaban J connectivity index is 1.40. The molecule has 1 fully saturated rings. The molecule has 5 heterocycles. The van der Waals surface area contributed by atoms with Crippen molar-refractivity contribution in [2.45, 2.75) is 31.6 Å². The van der Waals surface area contributed by atoms with Crippen molar-refractivity contribution >= 4 is 34.0 Å². The topological polar surface area (TPSA) is 82.7 Å². The van der Waals surface area contributed by atoms with E-state index < -0.39 is 0 Å². The molecule has 0 radical (unpaired) electrons. The van der Waals surface area contributed by atoms with Crippen LogP contribution in [0.3, 0.4) is 0 Å². The van der Waals surface area contributed by atoms with Crippen LogP contribution in [-0.4, -0.2) is 52.7 Å². The summed E-state index contributed by atoms with van der Waals surface area (Å²) in [6.45, 7) is 3.65. The molecule has 1 saturated heterocycles. The predicted molar refractivity (Wildman–Crippen MR) is 147 cm³/mol. The Morgan fingerprint density at radius 3 is 2.86 bits per heavy atom. The first-order valence-electron chi connectivity index (χ1n) is 13.1. The molecule has 37 heavy (non-hydrogen) atoms. The molecule has 2 aromatic heterocycles. The van der Waals surface area contributed by atoms with E-state index in [1.165, 1.54) is 5.39 Å². The SMILES string of the molecule is N[C@@H]1CCCN(C(=O)N2c3cccc4c3N(CCN4)[C@H]2c2cc3ccccc3n2Cc2cccnc2)C1. The molecule has 0 spiro atoms. The summed E-state index contributed by atoms with van der Waals surface area (Å²) in [4.78, 5) is 25.0. The van der Waals surface area contributed by atoms with Crippen molar-refractivity contribution in [3.05, 3.63) is 84.3 Å². The lowest BCUT2D eigenvalue weighted by atomic mass is 10.1. The Hall–Kier alpha value is -4.04. The largest absolute Gasteiger partial charge is 0.382 e. The second-order valence-electron chi connectivity index (χ2n) is 10.2. The summed E-state index contributed by atoms with van der Waals surface area (Å²) >= 11 is 0. The minimum atomic E-state index is -0.257. The van der Waals surface area contributed by atoms with Crippen LogP contribution >= 0.6 is 0 Å². The van der Waals surface area contributed by atoms with Gasteiger partial charge in [0.1, 0.15) is 0 Å². The summed E-state index contributed by atoms with van der Waals surface area (Å²) < 4.78 is 2.35. The van der Waals surface area contributed by atoms with Crippen molar-refractivity contribution in [2.24, 2.45) is 5.73 Å². The molecule has 0 aliphatic carbocycles. The molecule has 4 aromatic rings. The standard InChI is InChI=1S/C29H31N7O/c30-22-8-5-14-33(19-22)29(37)36-25-11-3-9-23-27(25)34(15-13-32-23)28(36)26-16-21-7-1-2-10-24(21)35(26)18-20-6-4-12-31-17-20/h1-4,6-7,9-12,16-17,22,28,32H,5,8,13-15,18-19,30H2/t22-,28-/m1/s1. The van der Waals surface area contributed by atoms with Crippen LogP contribution in [0.25, 0.3) is 10.9 Å². The van der Waals surface area contributed by atoms with E-state index in [9.17, 15) is 4.79 Å². The number of pyridine rings is 1. The van der Waals surface area contributed by atoms with Gasteiger partial charge in [0.05, 0.1) is 22.8 Å². The predicted octanol–water partition coefficient (Wildman–Crippen LogP) is 4.38. The fourth-order valence-corrected chi connectivity index (χ4v) is 6.24. The maximum absolute atomic E-state index is 14.3. The van der Waals surface area contributed by atoms with Gasteiger partial charge in [0.2, 0.25) is 0 Å². The van der Waals surface area contributed by atoms with Crippen LogP contribution in [0.2, 0.25) is 0 Å². The highest BCUT2D eigenvalue weighted by atomic mass is 16.2. The number of nitrogens with zero attached hydrogens (tertiary/aromatic N) is 5. The highest BCUT2D eigenvalue weighted by molar-refractivity contribution is 6.04. The maximum Gasteiger partial charge on any atom is 0.326 e. The van der Waals surface area contributed by atoms with E-state index >= 15 is 0 Å². The molecule has 0 bridgehead atoms. The van der Waals surface area contributed by atoms with Gasteiger partial charge in [0.15, 0.2) is 6.17 Å². The van der Waals surface area contributed by atoms with Gasteiger partial charge in [0.25, 0.3) is 0 Å². The van der Waals surface area contributed by atoms with Crippen molar-refractivity contribution in [1.29, 1.82) is 0 Å². The summed E-state index contributed by atoms with van der Waals surface area (Å²) in [6, 6.07) is 21.1. The van der Waals surface area contributed by atoms with E-state index in [0.29, 0.717) is 13.1 Å². The molecule has 0 saturated carbocycles. The second kappa shape index (κ2) is 8.81. The first kappa shape index (κ1) is 22.2. The molecule has 8 heteroatoms. The van der Waals surface area contributed by atoms with Gasteiger partial charge in [-0.15, -0.1) is 0 Å². The van der Waals surface area contributed by atoms with E-state index in [2.05, 4.69) is 68.3 Å². The number of urea groups is 1. The zero-order valence-electron chi connectivity index (χ0n) is 20.8. The van der Waals surface area contributed by atoms with Gasteiger partial charge in [0, 0.05) is 62.1 Å². The lowest BCUT2D eigenvalue weighted by molar-refractivity contribution is 0.184. The van der Waals surface area contributed by atoms with Crippen LogP contribution in [0.15, 0.2) is 73.1 Å². The van der Waals surface area contributed by atoms with Crippen molar-refractivity contribution in [3.63, 3.8) is 0 Å². The quantitative estimate of drug-likeness (QED) is 0.443. The van der Waals surface area contributed by atoms with Gasteiger partial charge < -0.3 is 25.4 Å². The minimum Gasteiger partial charge on any atom is -0.382 e. The van der Waals surface area contributed by atoms with Gasteiger partial charge in [-0.1, -0.05) is 30.3 Å². The molecule has 2 amide bonds. The summed E-state index contributed by atoms with van der Waals surface area (Å²) in [6.07, 6.45) is 5.36. The molecular formula is C29H31N7O. The molecule has 3 N–H and O–H groups in total. The normalized spacial score (nSPS) is 20.7. The molecule has 188 valence electrons. The lowest BCUT2D eigenvalue weighted by Crippen LogP contribution is -2.53. The van der Waals surface area contributed by atoms with E-state index in [-0.39, 0.29) is 18.2 Å². The second-order valence-corrected chi connectivity index (χ2v) is 10.2. The zero-order chi connectivity index (χ0) is 24.9. The number of rotatable bonds is 3. The Bertz CT molecular complexity index is 1470. The fraction of sp³-hybridized carbons (Fsp3) is 0.310. The number of carbonyl (C=O) groups excluding carboxylic acids is 1. The average Bonchev–Trinajstić information content (AvgIpc) is 3.46. The number of nitrogens with one attached hydrogen (secondary N) is 1. The third kappa shape index (κ3) is 3.62. The molecule has 3 aliphatic rings. The molecule has 0 unspecified atom stereocenters. The zero-order valence-corrected chi connectivity index (χ0v) is 20.8. The highest BCUT2D eigenvalue weighted by Crippen LogP contribution is 2.52. The van der Waals surface area contributed by atoms with Crippen LogP contribution in [-0.2, 0) is 6.54 Å². The average molecular weight is 494 g/mol. The monoisotopic (exact) mass is 493 g/mol. The van der Waals surface area contributed by atoms with Crippen LogP contribution in [0.5, 0.6) is 0 Å². The van der Waals surface area contributed by atoms with Crippen molar-refractivity contribution in [2.75, 3.05) is 41.3 Å². The molecular weight excluding hydrogens is 462 g/mol. The van der Waals surface area contributed by atoms with Gasteiger partial charge in [-0.2, -0.15) is 0 Å². The van der Waals surface area contributed by atoms with Crippen molar-refractivity contribution < 1.29 is 4.79 Å². The van der Waals surface area contributed by atoms with Crippen molar-refractivity contribution in [1.82, 2.24) is 14.5 Å². The van der Waals surface area contributed by atoms with Crippen LogP contribution in [0.1, 0.15) is 30.3 Å². The van der Waals surface area contributed by atoms with E-state index in [4.69, 9.17) is 5.73 Å². The Morgan fingerprint density at radius 2 is 2.00 bits per heavy atom. The smallest absolute Gasteiger partial charge is 0.326 e. The molecule has 8 nitrogen and oxygen atoms in total. The summed E-state index contributed by atoms with van der Waals surface area (Å²) in [5.74, 6) is 0. The third-order valence-electron chi connectivity index (χ3n) is 7.87. The number of carbonyl (C=O) groups is 1. The lowest BCUT2D eigenvalue weighted by Gasteiger charge is -2.38. The van der Waals surface area contributed by atoms with Gasteiger partial charge in [-0.3, -0.25) is 9.88 Å². The first-order chi connectivity index (χ1) is 18.2. The van der Waals surface area contributed by atoms with E-state index in [0.717, 1.165) is 66.3 Å². The number of fused-ring (bicyclic) bond motifs is 1. The Kier molecular flexibility index (Phi) is 5.28. The number of anilines is 3. The van der Waals surface area contributed by atoms with Crippen LogP contribution in [0, 0.1) is 0 Å². The number of piperidine rings is 1. The Labute approximate surface area is 216 Å². The fourth-order valence-electron chi connectivity index (χ4n) is 6.24. The van der Waals surface area contributed by atoms with E-state index in [1.54, 1.807) is 6.20 Å². The van der Waals surface area contributed by atoms with Crippen LogP contribution in [0.4, 0.5) is 21.9 Å². The first-order valence-corrected chi connectivity index (χ1v) is 13.1. The summed E-state index contributed by atoms with van der Waals surface area (Å²) in [5.41, 5.74) is 12.8. The highest BCUT2D eigenvalue weighted by Gasteiger charge is 2.46. The van der Waals surface area contributed by atoms with Gasteiger partial charge in [-0.25, -0.2) is 4.79 Å². The number of likely N-dealkylation sites (tertiary alicyclic amines) is 1. The maximum atomic E-state index is 14.3. The number of nitrogens with two attached hydrogens (primary N) is 1. The number of para-hydroxylation sites is 2. The number of hydrogen-bond acceptors (Lipinski definition) is 5. The molecule has 7 rings (SSSR count). The van der Waals surface area contributed by atoms with Gasteiger partial charge >= 0.3 is 6.03 Å². The number of amides is 2. The number of aromatic nitrogens is 2. The minimum absolute atomic E-state index is 0.0232. The number of benzene rings is 2. The van der Waals surface area contributed by atoms with Gasteiger partial charge in [-0.05, 0) is 48.7 Å². The molecule has 2 aromatic carbocycles. The third-order valence-corrected chi connectivity index (χ3v) is 7.87.